The van der Waals surface area contributed by atoms with Gasteiger partial charge in [-0.1, -0.05) is 24.3 Å². The molecule has 2 aromatic rings. The molecule has 0 bridgehead atoms. The maximum atomic E-state index is 11.9. The highest BCUT2D eigenvalue weighted by Crippen LogP contribution is 2.29. The van der Waals surface area contributed by atoms with E-state index in [0.29, 0.717) is 5.69 Å². The molecule has 0 aliphatic heterocycles. The summed E-state index contributed by atoms with van der Waals surface area (Å²) >= 11 is 0. The maximum Gasteiger partial charge on any atom is 0.412 e. The van der Waals surface area contributed by atoms with Crippen LogP contribution in [0.15, 0.2) is 42.7 Å². The van der Waals surface area contributed by atoms with Crippen molar-refractivity contribution in [1.29, 1.82) is 0 Å². The summed E-state index contributed by atoms with van der Waals surface area (Å²) in [5.41, 5.74) is 3.23. The van der Waals surface area contributed by atoms with Gasteiger partial charge in [-0.25, -0.2) is 4.79 Å². The molecule has 4 heteroatoms. The first kappa shape index (κ1) is 15.0. The molecular formula is C17H20N2O2. The molecule has 1 N–H and O–H groups in total. The van der Waals surface area contributed by atoms with Crippen molar-refractivity contribution < 1.29 is 9.53 Å². The van der Waals surface area contributed by atoms with Crippen LogP contribution in [-0.4, -0.2) is 16.7 Å². The van der Waals surface area contributed by atoms with Crippen LogP contribution < -0.4 is 5.32 Å². The molecule has 0 saturated heterocycles. The Labute approximate surface area is 125 Å². The highest BCUT2D eigenvalue weighted by Gasteiger charge is 2.17. The molecule has 0 saturated carbocycles. The van der Waals surface area contributed by atoms with E-state index in [1.165, 1.54) is 0 Å². The van der Waals surface area contributed by atoms with Crippen molar-refractivity contribution >= 4 is 11.8 Å². The molecule has 4 nitrogen and oxygen atoms in total. The number of carbonyl (C=O) groups is 1. The van der Waals surface area contributed by atoms with Crippen molar-refractivity contribution in [2.75, 3.05) is 5.32 Å². The molecule has 0 spiro atoms. The van der Waals surface area contributed by atoms with Gasteiger partial charge in [-0.2, -0.15) is 0 Å². The lowest BCUT2D eigenvalue weighted by Crippen LogP contribution is -2.27. The molecule has 1 amide bonds. The predicted molar refractivity (Wildman–Crippen MR) is 84.3 cm³/mol. The molecule has 0 atom stereocenters. The zero-order valence-electron chi connectivity index (χ0n) is 12.8. The van der Waals surface area contributed by atoms with Gasteiger partial charge in [0.1, 0.15) is 5.60 Å². The first-order valence-electron chi connectivity index (χ1n) is 6.87. The summed E-state index contributed by atoms with van der Waals surface area (Å²) in [6.07, 6.45) is 2.86. The molecule has 0 unspecified atom stereocenters. The Morgan fingerprint density at radius 3 is 2.52 bits per heavy atom. The monoisotopic (exact) mass is 284 g/mol. The van der Waals surface area contributed by atoms with Crippen LogP contribution in [0.3, 0.4) is 0 Å². The fourth-order valence-electron chi connectivity index (χ4n) is 2.02. The number of hydrogen-bond acceptors (Lipinski definition) is 3. The van der Waals surface area contributed by atoms with Gasteiger partial charge < -0.3 is 4.74 Å². The van der Waals surface area contributed by atoms with E-state index in [-0.39, 0.29) is 0 Å². The Hall–Kier alpha value is -2.36. The zero-order chi connectivity index (χ0) is 15.5. The van der Waals surface area contributed by atoms with Crippen molar-refractivity contribution in [2.24, 2.45) is 0 Å². The molecule has 0 aliphatic rings. The van der Waals surface area contributed by atoms with E-state index in [2.05, 4.69) is 10.3 Å². The molecule has 21 heavy (non-hydrogen) atoms. The summed E-state index contributed by atoms with van der Waals surface area (Å²) < 4.78 is 5.28. The Morgan fingerprint density at radius 2 is 1.86 bits per heavy atom. The van der Waals surface area contributed by atoms with E-state index >= 15 is 0 Å². The van der Waals surface area contributed by atoms with Crippen molar-refractivity contribution in [3.05, 3.63) is 48.3 Å². The fraction of sp³-hybridized carbons (Fsp3) is 0.294. The van der Waals surface area contributed by atoms with Crippen LogP contribution >= 0.6 is 0 Å². The molecular weight excluding hydrogens is 264 g/mol. The van der Waals surface area contributed by atoms with Gasteiger partial charge in [0.25, 0.3) is 0 Å². The minimum Gasteiger partial charge on any atom is -0.444 e. The van der Waals surface area contributed by atoms with Crippen LogP contribution in [0.4, 0.5) is 10.5 Å². The lowest BCUT2D eigenvalue weighted by Gasteiger charge is -2.20. The lowest BCUT2D eigenvalue weighted by molar-refractivity contribution is 0.0636. The number of nitrogens with zero attached hydrogens (tertiary/aromatic N) is 1. The third-order valence-electron chi connectivity index (χ3n) is 2.89. The standard InChI is InChI=1S/C17H20N2O2/c1-12-7-5-6-8-13(12)14-9-10-18-11-15(14)19-16(20)21-17(2,3)4/h5-11H,1-4H3,(H,19,20). The fourth-order valence-corrected chi connectivity index (χ4v) is 2.02. The maximum absolute atomic E-state index is 11.9. The highest BCUT2D eigenvalue weighted by atomic mass is 16.6. The van der Waals surface area contributed by atoms with Gasteiger partial charge in [-0.3, -0.25) is 10.3 Å². The summed E-state index contributed by atoms with van der Waals surface area (Å²) in [7, 11) is 0. The topological polar surface area (TPSA) is 51.2 Å². The van der Waals surface area contributed by atoms with Crippen LogP contribution in [0.2, 0.25) is 0 Å². The molecule has 0 radical (unpaired) electrons. The third-order valence-corrected chi connectivity index (χ3v) is 2.89. The van der Waals surface area contributed by atoms with Crippen LogP contribution in [-0.2, 0) is 4.74 Å². The second kappa shape index (κ2) is 5.95. The van der Waals surface area contributed by atoms with E-state index in [0.717, 1.165) is 16.7 Å². The quantitative estimate of drug-likeness (QED) is 0.889. The van der Waals surface area contributed by atoms with Crippen molar-refractivity contribution in [1.82, 2.24) is 4.98 Å². The van der Waals surface area contributed by atoms with Crippen molar-refractivity contribution in [3.63, 3.8) is 0 Å². The Balaban J connectivity index is 2.30. The SMILES string of the molecule is Cc1ccccc1-c1ccncc1NC(=O)OC(C)(C)C. The minimum atomic E-state index is -0.533. The summed E-state index contributed by atoms with van der Waals surface area (Å²) in [5.74, 6) is 0. The Kier molecular flexibility index (Phi) is 4.26. The van der Waals surface area contributed by atoms with E-state index in [9.17, 15) is 4.79 Å². The second-order valence-electron chi connectivity index (χ2n) is 5.86. The van der Waals surface area contributed by atoms with Gasteiger partial charge in [0.15, 0.2) is 0 Å². The molecule has 1 aromatic carbocycles. The number of ether oxygens (including phenoxy) is 1. The van der Waals surface area contributed by atoms with E-state index in [1.807, 2.05) is 58.0 Å². The zero-order valence-corrected chi connectivity index (χ0v) is 12.8. The number of anilines is 1. The van der Waals surface area contributed by atoms with Gasteiger partial charge >= 0.3 is 6.09 Å². The number of benzene rings is 1. The van der Waals surface area contributed by atoms with Crippen LogP contribution in [0, 0.1) is 6.92 Å². The number of aryl methyl sites for hydroxylation is 1. The smallest absolute Gasteiger partial charge is 0.412 e. The van der Waals surface area contributed by atoms with Gasteiger partial charge in [-0.05, 0) is 44.9 Å². The Morgan fingerprint density at radius 1 is 1.14 bits per heavy atom. The van der Waals surface area contributed by atoms with Gasteiger partial charge in [0.05, 0.1) is 11.9 Å². The van der Waals surface area contributed by atoms with Crippen molar-refractivity contribution in [3.8, 4) is 11.1 Å². The lowest BCUT2D eigenvalue weighted by atomic mass is 10.0. The molecule has 110 valence electrons. The molecule has 1 heterocycles. The first-order valence-corrected chi connectivity index (χ1v) is 6.87. The summed E-state index contributed by atoms with van der Waals surface area (Å²) in [4.78, 5) is 16.0. The van der Waals surface area contributed by atoms with Crippen molar-refractivity contribution in [2.45, 2.75) is 33.3 Å². The van der Waals surface area contributed by atoms with E-state index < -0.39 is 11.7 Å². The van der Waals surface area contributed by atoms with Gasteiger partial charge in [0, 0.05) is 11.8 Å². The van der Waals surface area contributed by atoms with Crippen LogP contribution in [0.5, 0.6) is 0 Å². The van der Waals surface area contributed by atoms with E-state index in [4.69, 9.17) is 4.74 Å². The van der Waals surface area contributed by atoms with Crippen LogP contribution in [0.25, 0.3) is 11.1 Å². The summed E-state index contributed by atoms with van der Waals surface area (Å²) in [5, 5.41) is 2.77. The summed E-state index contributed by atoms with van der Waals surface area (Å²) in [6.45, 7) is 7.53. The third kappa shape index (κ3) is 4.05. The highest BCUT2D eigenvalue weighted by molar-refractivity contribution is 5.91. The number of pyridine rings is 1. The van der Waals surface area contributed by atoms with Gasteiger partial charge in [0.2, 0.25) is 0 Å². The minimum absolute atomic E-state index is 0.481. The van der Waals surface area contributed by atoms with E-state index in [1.54, 1.807) is 12.4 Å². The Bertz CT molecular complexity index is 645. The number of hydrogen-bond donors (Lipinski definition) is 1. The second-order valence-corrected chi connectivity index (χ2v) is 5.86. The number of aromatic nitrogens is 1. The summed E-state index contributed by atoms with van der Waals surface area (Å²) in [6, 6.07) is 9.90. The first-order chi connectivity index (χ1) is 9.87. The largest absolute Gasteiger partial charge is 0.444 e. The number of nitrogens with one attached hydrogen (secondary N) is 1. The number of carbonyl (C=O) groups excluding carboxylic acids is 1. The predicted octanol–water partition coefficient (Wildman–Crippen LogP) is 4.40. The normalized spacial score (nSPS) is 11.0. The molecule has 0 aliphatic carbocycles. The molecule has 0 fully saturated rings. The van der Waals surface area contributed by atoms with Crippen LogP contribution in [0.1, 0.15) is 26.3 Å². The number of amides is 1. The number of rotatable bonds is 2. The average Bonchev–Trinajstić information content (AvgIpc) is 2.38. The molecule has 2 rings (SSSR count). The average molecular weight is 284 g/mol. The molecule has 1 aromatic heterocycles. The van der Waals surface area contributed by atoms with Gasteiger partial charge in [-0.15, -0.1) is 0 Å².